The van der Waals surface area contributed by atoms with Crippen molar-refractivity contribution >= 4 is 15.7 Å². The molecule has 2 aliphatic heterocycles. The van der Waals surface area contributed by atoms with Crippen LogP contribution in [-0.2, 0) is 14.6 Å². The van der Waals surface area contributed by atoms with E-state index in [1.807, 2.05) is 0 Å². The van der Waals surface area contributed by atoms with Crippen molar-refractivity contribution in [2.75, 3.05) is 32.4 Å². The highest BCUT2D eigenvalue weighted by molar-refractivity contribution is 7.92. The summed E-state index contributed by atoms with van der Waals surface area (Å²) < 4.78 is 22.1. The van der Waals surface area contributed by atoms with Crippen LogP contribution in [0, 0.1) is 11.8 Å². The smallest absolute Gasteiger partial charge is 0.243 e. The van der Waals surface area contributed by atoms with Gasteiger partial charge in [-0.25, -0.2) is 8.42 Å². The lowest BCUT2D eigenvalue weighted by molar-refractivity contribution is -0.135. The number of fused-ring (bicyclic) bond motifs is 1. The fourth-order valence-electron chi connectivity index (χ4n) is 2.76. The van der Waals surface area contributed by atoms with Crippen molar-refractivity contribution in [1.29, 1.82) is 0 Å². The maximum absolute atomic E-state index is 12.4. The molecular formula is C12H22N2O3S. The molecule has 0 bridgehead atoms. The fourth-order valence-corrected chi connectivity index (χ4v) is 3.20. The number of hydrogen-bond acceptors (Lipinski definition) is 4. The number of sulfone groups is 1. The summed E-state index contributed by atoms with van der Waals surface area (Å²) in [5.74, 6) is 0.879. The number of carbonyl (C=O) groups is 1. The normalized spacial score (nSPS) is 29.2. The van der Waals surface area contributed by atoms with Gasteiger partial charge in [-0.1, -0.05) is 0 Å². The van der Waals surface area contributed by atoms with Gasteiger partial charge >= 0.3 is 0 Å². The molecule has 2 saturated heterocycles. The first kappa shape index (κ1) is 13.8. The van der Waals surface area contributed by atoms with E-state index >= 15 is 0 Å². The van der Waals surface area contributed by atoms with Crippen LogP contribution in [0.2, 0.25) is 0 Å². The molecule has 18 heavy (non-hydrogen) atoms. The predicted octanol–water partition coefficient (Wildman–Crippen LogP) is -0.122. The van der Waals surface area contributed by atoms with Gasteiger partial charge in [-0.2, -0.15) is 0 Å². The standard InChI is InChI=1S/C12H22N2O3S/c1-12(2,18(3,16)17)11(15)14-5-4-9-6-13-7-10(9)8-14/h9-10,13H,4-8H2,1-3H3. The van der Waals surface area contributed by atoms with E-state index in [0.717, 1.165) is 25.8 Å². The summed E-state index contributed by atoms with van der Waals surface area (Å²) in [6, 6.07) is 0. The lowest BCUT2D eigenvalue weighted by atomic mass is 9.88. The van der Waals surface area contributed by atoms with Crippen molar-refractivity contribution in [1.82, 2.24) is 10.2 Å². The summed E-state index contributed by atoms with van der Waals surface area (Å²) in [6.07, 6.45) is 2.11. The summed E-state index contributed by atoms with van der Waals surface area (Å²) in [4.78, 5) is 14.1. The van der Waals surface area contributed by atoms with E-state index in [2.05, 4.69) is 5.32 Å². The minimum atomic E-state index is -3.38. The first-order valence-corrected chi connectivity index (χ1v) is 8.32. The van der Waals surface area contributed by atoms with Gasteiger partial charge in [0.25, 0.3) is 0 Å². The maximum Gasteiger partial charge on any atom is 0.243 e. The summed E-state index contributed by atoms with van der Waals surface area (Å²) in [5, 5.41) is 3.34. The van der Waals surface area contributed by atoms with Crippen LogP contribution in [0.3, 0.4) is 0 Å². The molecule has 0 aromatic rings. The topological polar surface area (TPSA) is 66.5 Å². The fraction of sp³-hybridized carbons (Fsp3) is 0.917. The molecule has 2 fully saturated rings. The van der Waals surface area contributed by atoms with Crippen LogP contribution in [-0.4, -0.2) is 56.4 Å². The number of amides is 1. The third-order valence-corrected chi connectivity index (χ3v) is 6.46. The molecule has 0 aromatic carbocycles. The second-order valence-electron chi connectivity index (χ2n) is 6.00. The zero-order chi connectivity index (χ0) is 13.6. The molecule has 0 aliphatic carbocycles. The summed E-state index contributed by atoms with van der Waals surface area (Å²) in [7, 11) is -3.38. The molecule has 2 heterocycles. The number of carbonyl (C=O) groups excluding carboxylic acids is 1. The number of hydrogen-bond donors (Lipinski definition) is 1. The molecule has 2 rings (SSSR count). The first-order valence-electron chi connectivity index (χ1n) is 6.43. The zero-order valence-corrected chi connectivity index (χ0v) is 12.1. The quantitative estimate of drug-likeness (QED) is 0.762. The molecule has 2 atom stereocenters. The lowest BCUT2D eigenvalue weighted by Gasteiger charge is -2.38. The third-order valence-electron chi connectivity index (χ3n) is 4.43. The van der Waals surface area contributed by atoms with Crippen LogP contribution >= 0.6 is 0 Å². The number of likely N-dealkylation sites (tertiary alicyclic amines) is 1. The molecule has 2 aliphatic rings. The van der Waals surface area contributed by atoms with Crippen LogP contribution in [0.4, 0.5) is 0 Å². The van der Waals surface area contributed by atoms with Gasteiger partial charge in [-0.3, -0.25) is 4.79 Å². The van der Waals surface area contributed by atoms with Crippen molar-refractivity contribution in [2.24, 2.45) is 11.8 Å². The van der Waals surface area contributed by atoms with Crippen molar-refractivity contribution < 1.29 is 13.2 Å². The molecule has 6 heteroatoms. The van der Waals surface area contributed by atoms with E-state index in [1.165, 1.54) is 13.8 Å². The zero-order valence-electron chi connectivity index (χ0n) is 11.3. The van der Waals surface area contributed by atoms with E-state index in [0.29, 0.717) is 24.9 Å². The van der Waals surface area contributed by atoms with E-state index in [-0.39, 0.29) is 5.91 Å². The molecular weight excluding hydrogens is 252 g/mol. The molecule has 0 radical (unpaired) electrons. The minimum absolute atomic E-state index is 0.254. The van der Waals surface area contributed by atoms with Gasteiger partial charge < -0.3 is 10.2 Å². The van der Waals surface area contributed by atoms with Gasteiger partial charge in [0.15, 0.2) is 9.84 Å². The van der Waals surface area contributed by atoms with Crippen molar-refractivity contribution in [3.05, 3.63) is 0 Å². The van der Waals surface area contributed by atoms with Crippen LogP contribution in [0.25, 0.3) is 0 Å². The summed E-state index contributed by atoms with van der Waals surface area (Å²) in [5.41, 5.74) is 0. The Hall–Kier alpha value is -0.620. The summed E-state index contributed by atoms with van der Waals surface area (Å²) >= 11 is 0. The SMILES string of the molecule is CC(C)(C(=O)N1CCC2CNCC2C1)S(C)(=O)=O. The van der Waals surface area contributed by atoms with Crippen LogP contribution in [0.5, 0.6) is 0 Å². The van der Waals surface area contributed by atoms with Gasteiger partial charge in [-0.05, 0) is 45.2 Å². The lowest BCUT2D eigenvalue weighted by Crippen LogP contribution is -2.53. The Morgan fingerprint density at radius 1 is 1.28 bits per heavy atom. The van der Waals surface area contributed by atoms with Gasteiger partial charge in [0, 0.05) is 19.3 Å². The van der Waals surface area contributed by atoms with E-state index in [9.17, 15) is 13.2 Å². The highest BCUT2D eigenvalue weighted by atomic mass is 32.2. The molecule has 0 aromatic heterocycles. The second-order valence-corrected chi connectivity index (χ2v) is 8.57. The molecule has 2 unspecified atom stereocenters. The van der Waals surface area contributed by atoms with Crippen molar-refractivity contribution in [3.8, 4) is 0 Å². The molecule has 1 N–H and O–H groups in total. The Balaban J connectivity index is 2.11. The Kier molecular flexibility index (Phi) is 3.44. The van der Waals surface area contributed by atoms with Crippen molar-refractivity contribution in [2.45, 2.75) is 25.0 Å². The van der Waals surface area contributed by atoms with Crippen LogP contribution in [0.15, 0.2) is 0 Å². The van der Waals surface area contributed by atoms with E-state index in [1.54, 1.807) is 4.90 Å². The molecule has 0 saturated carbocycles. The average molecular weight is 274 g/mol. The van der Waals surface area contributed by atoms with Gasteiger partial charge in [0.1, 0.15) is 4.75 Å². The number of nitrogens with zero attached hydrogens (tertiary/aromatic N) is 1. The average Bonchev–Trinajstić information content (AvgIpc) is 2.73. The van der Waals surface area contributed by atoms with Gasteiger partial charge in [-0.15, -0.1) is 0 Å². The van der Waals surface area contributed by atoms with Crippen LogP contribution in [0.1, 0.15) is 20.3 Å². The number of nitrogens with one attached hydrogen (secondary N) is 1. The molecule has 1 amide bonds. The molecule has 104 valence electrons. The first-order chi connectivity index (χ1) is 8.23. The Bertz CT molecular complexity index is 444. The third kappa shape index (κ3) is 2.28. The Morgan fingerprint density at radius 3 is 2.50 bits per heavy atom. The second kappa shape index (κ2) is 4.49. The highest BCUT2D eigenvalue weighted by Gasteiger charge is 2.44. The number of rotatable bonds is 2. The molecule has 0 spiro atoms. The molecule has 5 nitrogen and oxygen atoms in total. The minimum Gasteiger partial charge on any atom is -0.341 e. The van der Waals surface area contributed by atoms with E-state index < -0.39 is 14.6 Å². The summed E-state index contributed by atoms with van der Waals surface area (Å²) in [6.45, 7) is 6.35. The van der Waals surface area contributed by atoms with E-state index in [4.69, 9.17) is 0 Å². The van der Waals surface area contributed by atoms with Gasteiger partial charge in [0.05, 0.1) is 0 Å². The van der Waals surface area contributed by atoms with Gasteiger partial charge in [0.2, 0.25) is 5.91 Å². The van der Waals surface area contributed by atoms with Crippen molar-refractivity contribution in [3.63, 3.8) is 0 Å². The largest absolute Gasteiger partial charge is 0.341 e. The maximum atomic E-state index is 12.4. The monoisotopic (exact) mass is 274 g/mol. The number of piperidine rings is 1. The van der Waals surface area contributed by atoms with Crippen LogP contribution < -0.4 is 5.32 Å². The Morgan fingerprint density at radius 2 is 1.89 bits per heavy atom. The highest BCUT2D eigenvalue weighted by Crippen LogP contribution is 2.29. The predicted molar refractivity (Wildman–Crippen MR) is 70.0 cm³/mol. The Labute approximate surface area is 109 Å².